The summed E-state index contributed by atoms with van der Waals surface area (Å²) in [6, 6.07) is 11.7. The van der Waals surface area contributed by atoms with Gasteiger partial charge in [-0.05, 0) is 31.0 Å². The Balaban J connectivity index is 1.90. The number of nitro groups is 1. The molecule has 1 amide bonds. The highest BCUT2D eigenvalue weighted by molar-refractivity contribution is 5.84. The van der Waals surface area contributed by atoms with Crippen LogP contribution in [0.4, 0.5) is 5.69 Å². The Labute approximate surface area is 139 Å². The van der Waals surface area contributed by atoms with Gasteiger partial charge in [-0.1, -0.05) is 35.9 Å². The Kier molecular flexibility index (Phi) is 5.62. The van der Waals surface area contributed by atoms with E-state index in [-0.39, 0.29) is 18.0 Å². The number of aryl methyl sites for hydroxylation is 2. The molecule has 0 aliphatic heterocycles. The number of hydrazone groups is 1. The van der Waals surface area contributed by atoms with Gasteiger partial charge in [-0.2, -0.15) is 5.10 Å². The zero-order valence-electron chi connectivity index (χ0n) is 13.4. The number of nitrogens with one attached hydrogen (secondary N) is 1. The van der Waals surface area contributed by atoms with Crippen LogP contribution in [0.15, 0.2) is 47.6 Å². The van der Waals surface area contributed by atoms with Gasteiger partial charge in [-0.15, -0.1) is 0 Å². The molecule has 24 heavy (non-hydrogen) atoms. The molecular formula is C17H17N3O4. The molecule has 0 spiro atoms. The largest absolute Gasteiger partial charge is 0.477 e. The van der Waals surface area contributed by atoms with E-state index >= 15 is 0 Å². The second kappa shape index (κ2) is 7.87. The third-order valence-corrected chi connectivity index (χ3v) is 3.24. The number of benzene rings is 2. The molecule has 0 aliphatic rings. The highest BCUT2D eigenvalue weighted by Gasteiger charge is 2.14. The molecule has 7 heteroatoms. The lowest BCUT2D eigenvalue weighted by atomic mass is 10.1. The average Bonchev–Trinajstić information content (AvgIpc) is 2.55. The number of hydrogen-bond acceptors (Lipinski definition) is 5. The van der Waals surface area contributed by atoms with Gasteiger partial charge in [-0.25, -0.2) is 5.43 Å². The fraction of sp³-hybridized carbons (Fsp3) is 0.176. The fourth-order valence-electron chi connectivity index (χ4n) is 2.05. The first kappa shape index (κ1) is 17.1. The summed E-state index contributed by atoms with van der Waals surface area (Å²) in [6.45, 7) is 3.58. The van der Waals surface area contributed by atoms with Crippen LogP contribution in [0.3, 0.4) is 0 Å². The van der Waals surface area contributed by atoms with Gasteiger partial charge >= 0.3 is 5.69 Å². The minimum absolute atomic E-state index is 0.0380. The van der Waals surface area contributed by atoms with Crippen LogP contribution in [0.1, 0.15) is 16.7 Å². The first-order chi connectivity index (χ1) is 11.5. The van der Waals surface area contributed by atoms with E-state index in [1.807, 2.05) is 32.0 Å². The molecular weight excluding hydrogens is 310 g/mol. The minimum Gasteiger partial charge on any atom is -0.477 e. The first-order valence-corrected chi connectivity index (χ1v) is 7.23. The maximum atomic E-state index is 11.7. The van der Waals surface area contributed by atoms with E-state index in [4.69, 9.17) is 4.74 Å². The number of carbonyl (C=O) groups is 1. The number of carbonyl (C=O) groups excluding carboxylic acids is 1. The van der Waals surface area contributed by atoms with Gasteiger partial charge in [0.05, 0.1) is 11.1 Å². The zero-order chi connectivity index (χ0) is 17.5. The van der Waals surface area contributed by atoms with E-state index in [1.165, 1.54) is 24.4 Å². The van der Waals surface area contributed by atoms with Crippen molar-refractivity contribution in [3.63, 3.8) is 0 Å². The Morgan fingerprint density at radius 2 is 2.04 bits per heavy atom. The number of amides is 1. The van der Waals surface area contributed by atoms with E-state index in [2.05, 4.69) is 10.5 Å². The molecule has 2 rings (SSSR count). The number of nitro benzene ring substituents is 1. The maximum absolute atomic E-state index is 11.7. The van der Waals surface area contributed by atoms with Crippen molar-refractivity contribution in [3.05, 3.63) is 69.3 Å². The summed E-state index contributed by atoms with van der Waals surface area (Å²) in [5.74, 6) is -0.467. The fourth-order valence-corrected chi connectivity index (χ4v) is 2.05. The van der Waals surface area contributed by atoms with E-state index < -0.39 is 10.8 Å². The summed E-state index contributed by atoms with van der Waals surface area (Å²) in [7, 11) is 0. The number of rotatable bonds is 6. The van der Waals surface area contributed by atoms with Crippen molar-refractivity contribution >= 4 is 17.8 Å². The van der Waals surface area contributed by atoms with Crippen LogP contribution in [0.5, 0.6) is 5.75 Å². The Morgan fingerprint density at radius 1 is 1.29 bits per heavy atom. The lowest BCUT2D eigenvalue weighted by Gasteiger charge is -2.05. The number of nitrogens with zero attached hydrogens (tertiary/aromatic N) is 2. The molecule has 0 heterocycles. The van der Waals surface area contributed by atoms with Crippen LogP contribution in [-0.2, 0) is 4.79 Å². The van der Waals surface area contributed by atoms with Crippen LogP contribution in [0.2, 0.25) is 0 Å². The van der Waals surface area contributed by atoms with Crippen LogP contribution in [0.25, 0.3) is 0 Å². The molecule has 0 unspecified atom stereocenters. The van der Waals surface area contributed by atoms with E-state index in [0.717, 1.165) is 16.7 Å². The zero-order valence-corrected chi connectivity index (χ0v) is 13.4. The van der Waals surface area contributed by atoms with Crippen molar-refractivity contribution in [3.8, 4) is 5.75 Å². The second-order valence-electron chi connectivity index (χ2n) is 5.17. The predicted octanol–water partition coefficient (Wildman–Crippen LogP) is 2.74. The van der Waals surface area contributed by atoms with Crippen molar-refractivity contribution in [2.75, 3.05) is 6.61 Å². The van der Waals surface area contributed by atoms with Crippen LogP contribution in [0, 0.1) is 24.0 Å². The normalized spacial score (nSPS) is 10.6. The molecule has 0 aromatic heterocycles. The monoisotopic (exact) mass is 327 g/mol. The minimum atomic E-state index is -0.564. The molecule has 2 aromatic rings. The van der Waals surface area contributed by atoms with Crippen molar-refractivity contribution in [2.45, 2.75) is 13.8 Å². The Hall–Kier alpha value is -3.22. The van der Waals surface area contributed by atoms with Gasteiger partial charge in [-0.3, -0.25) is 14.9 Å². The standard InChI is InChI=1S/C17H17N3O4/c1-12-7-8-14(13(2)9-12)10-18-19-17(21)11-24-16-6-4-3-5-15(16)20(22)23/h3-10H,11H2,1-2H3,(H,19,21). The second-order valence-corrected chi connectivity index (χ2v) is 5.17. The summed E-state index contributed by atoms with van der Waals surface area (Å²) in [5, 5.41) is 14.7. The lowest BCUT2D eigenvalue weighted by Crippen LogP contribution is -2.24. The first-order valence-electron chi connectivity index (χ1n) is 7.23. The van der Waals surface area contributed by atoms with Crippen LogP contribution < -0.4 is 10.2 Å². The van der Waals surface area contributed by atoms with E-state index in [1.54, 1.807) is 6.07 Å². The van der Waals surface area contributed by atoms with Crippen molar-refractivity contribution in [1.29, 1.82) is 0 Å². The molecule has 0 fully saturated rings. The molecule has 0 aliphatic carbocycles. The average molecular weight is 327 g/mol. The number of ether oxygens (including phenoxy) is 1. The third-order valence-electron chi connectivity index (χ3n) is 3.24. The van der Waals surface area contributed by atoms with Gasteiger partial charge in [0.15, 0.2) is 12.4 Å². The highest BCUT2D eigenvalue weighted by atomic mass is 16.6. The maximum Gasteiger partial charge on any atom is 0.310 e. The van der Waals surface area contributed by atoms with E-state index in [0.29, 0.717) is 0 Å². The topological polar surface area (TPSA) is 93.8 Å². The van der Waals surface area contributed by atoms with Gasteiger partial charge in [0, 0.05) is 6.07 Å². The van der Waals surface area contributed by atoms with Crippen molar-refractivity contribution < 1.29 is 14.5 Å². The van der Waals surface area contributed by atoms with Crippen molar-refractivity contribution in [1.82, 2.24) is 5.43 Å². The van der Waals surface area contributed by atoms with Gasteiger partial charge < -0.3 is 4.74 Å². The summed E-state index contributed by atoms with van der Waals surface area (Å²) in [5.41, 5.74) is 5.22. The third kappa shape index (κ3) is 4.64. The summed E-state index contributed by atoms with van der Waals surface area (Å²) < 4.78 is 5.17. The summed E-state index contributed by atoms with van der Waals surface area (Å²) in [6.07, 6.45) is 1.54. The number of hydrogen-bond donors (Lipinski definition) is 1. The summed E-state index contributed by atoms with van der Waals surface area (Å²) in [4.78, 5) is 22.0. The van der Waals surface area contributed by atoms with Crippen molar-refractivity contribution in [2.24, 2.45) is 5.10 Å². The molecule has 0 atom stereocenters. The molecule has 0 saturated carbocycles. The molecule has 0 radical (unpaired) electrons. The Bertz CT molecular complexity index is 787. The quantitative estimate of drug-likeness (QED) is 0.501. The van der Waals surface area contributed by atoms with Gasteiger partial charge in [0.2, 0.25) is 0 Å². The number of para-hydroxylation sites is 2. The smallest absolute Gasteiger partial charge is 0.310 e. The molecule has 1 N–H and O–H groups in total. The SMILES string of the molecule is Cc1ccc(C=NNC(=O)COc2ccccc2[N+](=O)[O-])c(C)c1. The molecule has 7 nitrogen and oxygen atoms in total. The van der Waals surface area contributed by atoms with E-state index in [9.17, 15) is 14.9 Å². The molecule has 0 bridgehead atoms. The Morgan fingerprint density at radius 3 is 2.75 bits per heavy atom. The highest BCUT2D eigenvalue weighted by Crippen LogP contribution is 2.25. The molecule has 2 aromatic carbocycles. The van der Waals surface area contributed by atoms with Crippen LogP contribution >= 0.6 is 0 Å². The van der Waals surface area contributed by atoms with Gasteiger partial charge in [0.1, 0.15) is 0 Å². The summed E-state index contributed by atoms with van der Waals surface area (Å²) >= 11 is 0. The molecule has 0 saturated heterocycles. The van der Waals surface area contributed by atoms with Gasteiger partial charge in [0.25, 0.3) is 5.91 Å². The lowest BCUT2D eigenvalue weighted by molar-refractivity contribution is -0.385. The van der Waals surface area contributed by atoms with Crippen LogP contribution in [-0.4, -0.2) is 23.7 Å². The predicted molar refractivity (Wildman–Crippen MR) is 90.2 cm³/mol. The molecule has 124 valence electrons.